The van der Waals surface area contributed by atoms with E-state index in [0.717, 1.165) is 58.2 Å². The summed E-state index contributed by atoms with van der Waals surface area (Å²) in [6, 6.07) is 22.0. The quantitative estimate of drug-likeness (QED) is 0.0906. The number of hydrogen-bond donors (Lipinski definition) is 5. The van der Waals surface area contributed by atoms with Gasteiger partial charge in [0.2, 0.25) is 0 Å². The Bertz CT molecular complexity index is 2020. The van der Waals surface area contributed by atoms with E-state index in [1.807, 2.05) is 36.5 Å². The van der Waals surface area contributed by atoms with E-state index in [1.54, 1.807) is 19.2 Å². The van der Waals surface area contributed by atoms with Gasteiger partial charge in [0.05, 0.1) is 20.4 Å². The highest BCUT2D eigenvalue weighted by atomic mass is 16.6. The van der Waals surface area contributed by atoms with Gasteiger partial charge in [0, 0.05) is 41.4 Å². The van der Waals surface area contributed by atoms with Crippen molar-refractivity contribution in [2.45, 2.75) is 75.5 Å². The molecule has 51 heavy (non-hydrogen) atoms. The lowest BCUT2D eigenvalue weighted by Crippen LogP contribution is -2.39. The Morgan fingerprint density at radius 1 is 0.902 bits per heavy atom. The summed E-state index contributed by atoms with van der Waals surface area (Å²) in [5.41, 5.74) is 8.44. The Kier molecular flexibility index (Phi) is 9.51. The zero-order chi connectivity index (χ0) is 34.9. The molecular formula is C42H46N2O7. The van der Waals surface area contributed by atoms with Crippen molar-refractivity contribution in [2.75, 3.05) is 27.1 Å². The Balaban J connectivity index is 1.20. The maximum absolute atomic E-state index is 10.7. The molecular weight excluding hydrogens is 644 g/mol. The van der Waals surface area contributed by atoms with Crippen molar-refractivity contribution >= 4 is 10.9 Å². The zero-order valence-corrected chi connectivity index (χ0v) is 29.0. The number of rotatable bonds is 11. The SMILES string of the molecule is COc1cc(C2Oc3cc(OCCO)c4c(c3CC2OCNC2CCCCC2)CC(Cc2ccc3[nH]ccc3c2)c2cc(O)ccc2-4)ccc1O. The van der Waals surface area contributed by atoms with E-state index in [0.29, 0.717) is 42.9 Å². The molecule has 0 amide bonds. The van der Waals surface area contributed by atoms with Crippen LogP contribution in [0.4, 0.5) is 0 Å². The number of hydrogen-bond acceptors (Lipinski definition) is 8. The molecule has 9 heteroatoms. The van der Waals surface area contributed by atoms with E-state index in [4.69, 9.17) is 18.9 Å². The molecule has 3 atom stereocenters. The first-order valence-electron chi connectivity index (χ1n) is 18.2. The number of aromatic nitrogens is 1. The van der Waals surface area contributed by atoms with E-state index in [2.05, 4.69) is 34.6 Å². The van der Waals surface area contributed by atoms with Crippen LogP contribution in [0.15, 0.2) is 72.9 Å². The van der Waals surface area contributed by atoms with Crippen LogP contribution in [0.3, 0.4) is 0 Å². The molecule has 5 N–H and O–H groups in total. The van der Waals surface area contributed by atoms with Crippen LogP contribution in [-0.2, 0) is 24.0 Å². The smallest absolute Gasteiger partial charge is 0.160 e. The highest BCUT2D eigenvalue weighted by Gasteiger charge is 2.39. The normalized spacial score (nSPS) is 19.9. The number of phenolic OH excluding ortho intramolecular Hbond substituents is 2. The molecule has 0 saturated heterocycles. The molecule has 9 nitrogen and oxygen atoms in total. The standard InChI is InChI=1S/C42H46N2O7/c1-48-38-20-27(8-12-36(38)47)42-40(50-24-44-29-5-3-2-4-6-29)22-33-34-19-28(18-25-7-11-35-26(17-25)13-14-43-35)32-21-30(46)9-10-31(32)41(34)39(49-16-15-45)23-37(33)51-42/h7-14,17,20-21,23,28-29,40,42-47H,2-6,15-16,18-19,22,24H2,1H3. The number of aromatic amines is 1. The molecule has 0 bridgehead atoms. The van der Waals surface area contributed by atoms with Gasteiger partial charge in [-0.3, -0.25) is 5.32 Å². The van der Waals surface area contributed by atoms with Crippen molar-refractivity contribution in [3.63, 3.8) is 0 Å². The third kappa shape index (κ3) is 6.73. The minimum Gasteiger partial charge on any atom is -0.508 e. The number of aliphatic hydroxyl groups is 1. The molecule has 8 rings (SSSR count). The van der Waals surface area contributed by atoms with Gasteiger partial charge < -0.3 is 39.3 Å². The van der Waals surface area contributed by atoms with E-state index in [9.17, 15) is 15.3 Å². The van der Waals surface area contributed by atoms with Crippen LogP contribution >= 0.6 is 0 Å². The fourth-order valence-electron chi connectivity index (χ4n) is 8.41. The predicted octanol–water partition coefficient (Wildman–Crippen LogP) is 7.45. The molecule has 4 aromatic carbocycles. The second-order valence-electron chi connectivity index (χ2n) is 14.1. The van der Waals surface area contributed by atoms with Crippen molar-refractivity contribution in [3.05, 3.63) is 101 Å². The molecule has 266 valence electrons. The molecule has 2 heterocycles. The average molecular weight is 691 g/mol. The van der Waals surface area contributed by atoms with Crippen LogP contribution in [0, 0.1) is 0 Å². The predicted molar refractivity (Wildman–Crippen MR) is 196 cm³/mol. The van der Waals surface area contributed by atoms with Gasteiger partial charge in [0.25, 0.3) is 0 Å². The number of aromatic hydroxyl groups is 2. The molecule has 1 aromatic heterocycles. The van der Waals surface area contributed by atoms with E-state index in [1.165, 1.54) is 30.2 Å². The van der Waals surface area contributed by atoms with Crippen molar-refractivity contribution in [1.29, 1.82) is 0 Å². The summed E-state index contributed by atoms with van der Waals surface area (Å²) in [4.78, 5) is 3.29. The number of phenols is 2. The first kappa shape index (κ1) is 33.4. The minimum atomic E-state index is -0.472. The van der Waals surface area contributed by atoms with Crippen molar-refractivity contribution in [3.8, 4) is 39.9 Å². The number of fused-ring (bicyclic) bond motifs is 6. The number of methoxy groups -OCH3 is 1. The monoisotopic (exact) mass is 690 g/mol. The molecule has 1 saturated carbocycles. The Morgan fingerprint density at radius 2 is 1.78 bits per heavy atom. The van der Waals surface area contributed by atoms with Gasteiger partial charge in [0.1, 0.15) is 30.0 Å². The summed E-state index contributed by atoms with van der Waals surface area (Å²) in [6.07, 6.45) is 9.34. The third-order valence-electron chi connectivity index (χ3n) is 10.9. The maximum Gasteiger partial charge on any atom is 0.160 e. The summed E-state index contributed by atoms with van der Waals surface area (Å²) < 4.78 is 25.4. The summed E-state index contributed by atoms with van der Waals surface area (Å²) >= 11 is 0. The van der Waals surface area contributed by atoms with Crippen LogP contribution < -0.4 is 19.5 Å². The third-order valence-corrected chi connectivity index (χ3v) is 10.9. The molecule has 0 spiro atoms. The molecule has 3 aliphatic rings. The number of nitrogens with one attached hydrogen (secondary N) is 2. The fraction of sp³-hybridized carbons (Fsp3) is 0.381. The van der Waals surface area contributed by atoms with Crippen LogP contribution in [0.1, 0.15) is 71.9 Å². The molecule has 1 aliphatic heterocycles. The highest BCUT2D eigenvalue weighted by Crippen LogP contribution is 2.52. The van der Waals surface area contributed by atoms with Gasteiger partial charge >= 0.3 is 0 Å². The van der Waals surface area contributed by atoms with Gasteiger partial charge in [-0.2, -0.15) is 0 Å². The van der Waals surface area contributed by atoms with E-state index in [-0.39, 0.29) is 36.7 Å². The van der Waals surface area contributed by atoms with Crippen LogP contribution in [0.5, 0.6) is 28.7 Å². The first-order valence-corrected chi connectivity index (χ1v) is 18.2. The van der Waals surface area contributed by atoms with E-state index < -0.39 is 6.10 Å². The van der Waals surface area contributed by atoms with Crippen LogP contribution in [0.25, 0.3) is 22.0 Å². The van der Waals surface area contributed by atoms with Crippen LogP contribution in [-0.4, -0.2) is 59.5 Å². The maximum atomic E-state index is 10.7. The van der Waals surface area contributed by atoms with Gasteiger partial charge in [-0.1, -0.05) is 37.5 Å². The Hall–Kier alpha value is -4.70. The van der Waals surface area contributed by atoms with Crippen molar-refractivity contribution < 1.29 is 34.3 Å². The summed E-state index contributed by atoms with van der Waals surface area (Å²) in [5, 5.41) is 35.7. The second kappa shape index (κ2) is 14.5. The number of ether oxygens (including phenoxy) is 4. The van der Waals surface area contributed by atoms with Crippen molar-refractivity contribution in [2.24, 2.45) is 0 Å². The lowest BCUT2D eigenvalue weighted by molar-refractivity contribution is -0.0479. The molecule has 2 aliphatic carbocycles. The minimum absolute atomic E-state index is 0.0639. The van der Waals surface area contributed by atoms with E-state index >= 15 is 0 Å². The summed E-state index contributed by atoms with van der Waals surface area (Å²) in [7, 11) is 1.54. The first-order chi connectivity index (χ1) is 25.0. The average Bonchev–Trinajstić information content (AvgIpc) is 3.62. The second-order valence-corrected chi connectivity index (χ2v) is 14.1. The van der Waals surface area contributed by atoms with Crippen LogP contribution in [0.2, 0.25) is 0 Å². The molecule has 3 unspecified atom stereocenters. The fourth-order valence-corrected chi connectivity index (χ4v) is 8.41. The number of H-pyrrole nitrogens is 1. The molecule has 1 fully saturated rings. The Labute approximate surface area is 298 Å². The van der Waals surface area contributed by atoms with Gasteiger partial charge in [-0.25, -0.2) is 0 Å². The van der Waals surface area contributed by atoms with Gasteiger partial charge in [-0.15, -0.1) is 0 Å². The van der Waals surface area contributed by atoms with Gasteiger partial charge in [-0.05, 0) is 107 Å². The Morgan fingerprint density at radius 3 is 2.63 bits per heavy atom. The summed E-state index contributed by atoms with van der Waals surface area (Å²) in [5.74, 6) is 2.10. The largest absolute Gasteiger partial charge is 0.508 e. The lowest BCUT2D eigenvalue weighted by atomic mass is 9.73. The number of aliphatic hydroxyl groups excluding tert-OH is 1. The zero-order valence-electron chi connectivity index (χ0n) is 29.0. The topological polar surface area (TPSA) is 125 Å². The van der Waals surface area contributed by atoms with Crippen molar-refractivity contribution in [1.82, 2.24) is 10.3 Å². The van der Waals surface area contributed by atoms with Gasteiger partial charge in [0.15, 0.2) is 17.6 Å². The summed E-state index contributed by atoms with van der Waals surface area (Å²) in [6.45, 7) is 0.418. The molecule has 0 radical (unpaired) electrons. The highest BCUT2D eigenvalue weighted by molar-refractivity contribution is 5.83. The number of benzene rings is 4. The lowest BCUT2D eigenvalue weighted by Gasteiger charge is -2.38. The molecule has 5 aromatic rings.